The van der Waals surface area contributed by atoms with E-state index in [9.17, 15) is 18.8 Å². The van der Waals surface area contributed by atoms with E-state index in [1.54, 1.807) is 24.3 Å². The number of rotatable bonds is 8. The summed E-state index contributed by atoms with van der Waals surface area (Å²) in [5, 5.41) is 1.91. The average molecular weight is 507 g/mol. The van der Waals surface area contributed by atoms with Crippen LogP contribution in [0.4, 0.5) is 14.9 Å². The molecule has 1 aliphatic rings. The number of aryl methyl sites for hydroxylation is 1. The molecule has 0 spiro atoms. The molecule has 0 radical (unpaired) electrons. The molecule has 36 heavy (non-hydrogen) atoms. The quantitative estimate of drug-likeness (QED) is 0.412. The zero-order valence-corrected chi connectivity index (χ0v) is 20.4. The van der Waals surface area contributed by atoms with Crippen molar-refractivity contribution >= 4 is 40.6 Å². The van der Waals surface area contributed by atoms with Crippen molar-refractivity contribution < 1.29 is 28.2 Å². The minimum atomic E-state index is -0.610. The highest BCUT2D eigenvalue weighted by Crippen LogP contribution is 2.34. The van der Waals surface area contributed by atoms with Gasteiger partial charge in [-0.05, 0) is 66.2 Å². The van der Waals surface area contributed by atoms with Gasteiger partial charge in [-0.15, -0.1) is 0 Å². The summed E-state index contributed by atoms with van der Waals surface area (Å²) in [4.78, 5) is 38.5. The van der Waals surface area contributed by atoms with E-state index in [0.717, 1.165) is 33.9 Å². The van der Waals surface area contributed by atoms with Gasteiger partial charge in [0.25, 0.3) is 11.1 Å². The molecule has 9 heteroatoms. The number of anilines is 1. The summed E-state index contributed by atoms with van der Waals surface area (Å²) in [6.07, 6.45) is 1.56. The standard InChI is InChI=1S/C27H23FN2O5S/c1-17-6-8-18(9-7-17)16-35-22-11-10-19(12-23(22)34-2)13-24-26(32)30(27(33)36-24)15-25(31)29-21-5-3-4-20(28)14-21/h3-14H,15-16H2,1-2H3,(H,29,31)/b24-13+. The van der Waals surface area contributed by atoms with Gasteiger partial charge < -0.3 is 14.8 Å². The highest BCUT2D eigenvalue weighted by molar-refractivity contribution is 8.18. The first-order valence-corrected chi connectivity index (χ1v) is 11.8. The molecule has 1 aliphatic heterocycles. The molecule has 1 heterocycles. The van der Waals surface area contributed by atoms with E-state index in [0.29, 0.717) is 23.7 Å². The third-order valence-corrected chi connectivity index (χ3v) is 6.19. The maximum absolute atomic E-state index is 13.3. The Bertz CT molecular complexity index is 1340. The van der Waals surface area contributed by atoms with Gasteiger partial charge in [-0.3, -0.25) is 19.3 Å². The molecule has 3 amide bonds. The number of ether oxygens (including phenoxy) is 2. The predicted octanol–water partition coefficient (Wildman–Crippen LogP) is 5.40. The van der Waals surface area contributed by atoms with Crippen LogP contribution in [0.25, 0.3) is 6.08 Å². The van der Waals surface area contributed by atoms with Crippen molar-refractivity contribution in [2.45, 2.75) is 13.5 Å². The molecule has 1 fully saturated rings. The molecule has 0 bridgehead atoms. The lowest BCUT2D eigenvalue weighted by molar-refractivity contribution is -0.127. The third-order valence-electron chi connectivity index (χ3n) is 5.28. The molecule has 7 nitrogen and oxygen atoms in total. The number of nitrogens with one attached hydrogen (secondary N) is 1. The number of nitrogens with zero attached hydrogens (tertiary/aromatic N) is 1. The number of methoxy groups -OCH3 is 1. The molecular formula is C27H23FN2O5S. The number of hydrogen-bond acceptors (Lipinski definition) is 6. The van der Waals surface area contributed by atoms with Gasteiger partial charge >= 0.3 is 0 Å². The lowest BCUT2D eigenvalue weighted by Crippen LogP contribution is -2.36. The SMILES string of the molecule is COc1cc(/C=C2/SC(=O)N(CC(=O)Nc3cccc(F)c3)C2=O)ccc1OCc1ccc(C)cc1. The van der Waals surface area contributed by atoms with E-state index in [1.165, 1.54) is 25.3 Å². The Hall–Kier alpha value is -4.11. The Morgan fingerprint density at radius 1 is 1.06 bits per heavy atom. The molecule has 0 aliphatic carbocycles. The number of amides is 3. The topological polar surface area (TPSA) is 84.9 Å². The number of carbonyl (C=O) groups is 3. The number of carbonyl (C=O) groups excluding carboxylic acids is 3. The van der Waals surface area contributed by atoms with Gasteiger partial charge in [0.1, 0.15) is 19.0 Å². The Morgan fingerprint density at radius 3 is 2.56 bits per heavy atom. The van der Waals surface area contributed by atoms with Gasteiger partial charge in [-0.1, -0.05) is 42.0 Å². The minimum absolute atomic E-state index is 0.175. The molecule has 3 aromatic rings. The van der Waals surface area contributed by atoms with E-state index in [-0.39, 0.29) is 10.6 Å². The molecule has 0 atom stereocenters. The fourth-order valence-corrected chi connectivity index (χ4v) is 4.27. The zero-order valence-electron chi connectivity index (χ0n) is 19.6. The van der Waals surface area contributed by atoms with Crippen LogP contribution >= 0.6 is 11.8 Å². The van der Waals surface area contributed by atoms with E-state index in [1.807, 2.05) is 31.2 Å². The fourth-order valence-electron chi connectivity index (χ4n) is 3.44. The van der Waals surface area contributed by atoms with Crippen molar-refractivity contribution in [3.8, 4) is 11.5 Å². The molecular weight excluding hydrogens is 483 g/mol. The minimum Gasteiger partial charge on any atom is -0.493 e. The first-order chi connectivity index (χ1) is 17.3. The zero-order chi connectivity index (χ0) is 25.7. The van der Waals surface area contributed by atoms with Gasteiger partial charge in [-0.25, -0.2) is 4.39 Å². The van der Waals surface area contributed by atoms with Crippen molar-refractivity contribution in [2.75, 3.05) is 19.0 Å². The number of benzene rings is 3. The summed E-state index contributed by atoms with van der Waals surface area (Å²) < 4.78 is 24.6. The van der Waals surface area contributed by atoms with Crippen LogP contribution in [0, 0.1) is 12.7 Å². The average Bonchev–Trinajstić information content (AvgIpc) is 3.11. The van der Waals surface area contributed by atoms with Crippen LogP contribution in [0.15, 0.2) is 71.6 Å². The fraction of sp³-hybridized carbons (Fsp3) is 0.148. The van der Waals surface area contributed by atoms with Crippen LogP contribution in [0.3, 0.4) is 0 Å². The molecule has 3 aromatic carbocycles. The molecule has 0 aromatic heterocycles. The maximum atomic E-state index is 13.3. The monoisotopic (exact) mass is 506 g/mol. The van der Waals surface area contributed by atoms with Crippen LogP contribution in [0.2, 0.25) is 0 Å². The Kier molecular flexibility index (Phi) is 7.70. The van der Waals surface area contributed by atoms with Crippen molar-refractivity contribution in [3.05, 3.63) is 94.1 Å². The first-order valence-electron chi connectivity index (χ1n) is 11.0. The van der Waals surface area contributed by atoms with Crippen LogP contribution < -0.4 is 14.8 Å². The van der Waals surface area contributed by atoms with Gasteiger partial charge in [0.15, 0.2) is 11.5 Å². The van der Waals surface area contributed by atoms with E-state index >= 15 is 0 Å². The Labute approximate surface area is 211 Å². The Morgan fingerprint density at radius 2 is 1.83 bits per heavy atom. The largest absolute Gasteiger partial charge is 0.493 e. The summed E-state index contributed by atoms with van der Waals surface area (Å²) in [7, 11) is 1.52. The van der Waals surface area contributed by atoms with Crippen molar-refractivity contribution in [1.29, 1.82) is 0 Å². The van der Waals surface area contributed by atoms with Crippen LogP contribution in [0.5, 0.6) is 11.5 Å². The number of hydrogen-bond donors (Lipinski definition) is 1. The van der Waals surface area contributed by atoms with Gasteiger partial charge in [0.2, 0.25) is 5.91 Å². The number of halogens is 1. The highest BCUT2D eigenvalue weighted by Gasteiger charge is 2.36. The molecule has 4 rings (SSSR count). The van der Waals surface area contributed by atoms with Crippen molar-refractivity contribution in [1.82, 2.24) is 4.90 Å². The van der Waals surface area contributed by atoms with Crippen LogP contribution in [-0.4, -0.2) is 35.6 Å². The van der Waals surface area contributed by atoms with Crippen LogP contribution in [-0.2, 0) is 16.2 Å². The predicted molar refractivity (Wildman–Crippen MR) is 136 cm³/mol. The van der Waals surface area contributed by atoms with Crippen molar-refractivity contribution in [2.24, 2.45) is 0 Å². The summed E-state index contributed by atoms with van der Waals surface area (Å²) in [5.41, 5.74) is 3.04. The Balaban J connectivity index is 1.42. The van der Waals surface area contributed by atoms with Crippen LogP contribution in [0.1, 0.15) is 16.7 Å². The molecule has 1 N–H and O–H groups in total. The lowest BCUT2D eigenvalue weighted by atomic mass is 10.1. The van der Waals surface area contributed by atoms with Gasteiger partial charge in [0, 0.05) is 5.69 Å². The lowest BCUT2D eigenvalue weighted by Gasteiger charge is -2.13. The normalized spacial score (nSPS) is 14.3. The molecule has 0 unspecified atom stereocenters. The second-order valence-corrected chi connectivity index (χ2v) is 9.00. The van der Waals surface area contributed by atoms with Crippen molar-refractivity contribution in [3.63, 3.8) is 0 Å². The van der Waals surface area contributed by atoms with E-state index in [2.05, 4.69) is 5.32 Å². The highest BCUT2D eigenvalue weighted by atomic mass is 32.2. The molecule has 1 saturated heterocycles. The summed E-state index contributed by atoms with van der Waals surface area (Å²) in [5.74, 6) is -0.690. The van der Waals surface area contributed by atoms with E-state index < -0.39 is 29.4 Å². The second kappa shape index (κ2) is 11.1. The second-order valence-electron chi connectivity index (χ2n) is 8.01. The van der Waals surface area contributed by atoms with Gasteiger partial charge in [-0.2, -0.15) is 0 Å². The first kappa shape index (κ1) is 25.0. The number of thioether (sulfide) groups is 1. The maximum Gasteiger partial charge on any atom is 0.294 e. The molecule has 0 saturated carbocycles. The summed E-state index contributed by atoms with van der Waals surface area (Å²) >= 11 is 0.740. The summed E-state index contributed by atoms with van der Waals surface area (Å²) in [6, 6.07) is 18.5. The van der Waals surface area contributed by atoms with Gasteiger partial charge in [0.05, 0.1) is 12.0 Å². The molecule has 184 valence electrons. The third kappa shape index (κ3) is 6.11. The van der Waals surface area contributed by atoms with E-state index in [4.69, 9.17) is 9.47 Å². The smallest absolute Gasteiger partial charge is 0.294 e. The number of imide groups is 1. The summed E-state index contributed by atoms with van der Waals surface area (Å²) in [6.45, 7) is 1.91.